The van der Waals surface area contributed by atoms with Crippen molar-refractivity contribution in [3.8, 4) is 18.1 Å². The number of rotatable bonds is 6. The highest BCUT2D eigenvalue weighted by molar-refractivity contribution is 7.99. The quantitative estimate of drug-likeness (QED) is 0.378. The van der Waals surface area contributed by atoms with Crippen LogP contribution >= 0.6 is 11.8 Å². The molecule has 3 nitrogen and oxygen atoms in total. The normalized spacial score (nSPS) is 10.7. The van der Waals surface area contributed by atoms with Crippen molar-refractivity contribution >= 4 is 22.8 Å². The second-order valence-corrected chi connectivity index (χ2v) is 6.76. The van der Waals surface area contributed by atoms with E-state index in [1.54, 1.807) is 11.8 Å². The Balaban J connectivity index is 1.65. The molecule has 0 aliphatic heterocycles. The summed E-state index contributed by atoms with van der Waals surface area (Å²) < 4.78 is 7.95. The minimum atomic E-state index is 0.529. The van der Waals surface area contributed by atoms with E-state index in [2.05, 4.69) is 53.6 Å². The van der Waals surface area contributed by atoms with Gasteiger partial charge >= 0.3 is 0 Å². The first-order valence-electron chi connectivity index (χ1n) is 7.90. The number of benzene rings is 2. The lowest BCUT2D eigenvalue weighted by atomic mass is 10.1. The zero-order valence-electron chi connectivity index (χ0n) is 14.0. The predicted molar refractivity (Wildman–Crippen MR) is 101 cm³/mol. The van der Waals surface area contributed by atoms with E-state index in [4.69, 9.17) is 11.2 Å². The van der Waals surface area contributed by atoms with Gasteiger partial charge in [0.2, 0.25) is 0 Å². The summed E-state index contributed by atoms with van der Waals surface area (Å²) in [4.78, 5) is 4.68. The van der Waals surface area contributed by atoms with Crippen molar-refractivity contribution in [1.29, 1.82) is 0 Å². The molecule has 0 atom stereocenters. The van der Waals surface area contributed by atoms with E-state index in [-0.39, 0.29) is 0 Å². The standard InChI is InChI=1S/C20H20N2OS/c1-4-9-22-19-8-6-5-7-18(19)21-20(22)24-11-10-23-17-13-15(2)12-16(3)14-17/h1,5-8,12-14H,9-11H2,2-3H3. The second-order valence-electron chi connectivity index (χ2n) is 5.69. The van der Waals surface area contributed by atoms with Crippen molar-refractivity contribution in [2.75, 3.05) is 12.4 Å². The van der Waals surface area contributed by atoms with Crippen molar-refractivity contribution < 1.29 is 4.74 Å². The number of hydrogen-bond donors (Lipinski definition) is 0. The molecule has 2 aromatic carbocycles. The number of nitrogens with zero attached hydrogens (tertiary/aromatic N) is 2. The molecule has 0 N–H and O–H groups in total. The van der Waals surface area contributed by atoms with Gasteiger partial charge in [-0.15, -0.1) is 6.42 Å². The molecule has 3 aromatic rings. The molecule has 0 unspecified atom stereocenters. The smallest absolute Gasteiger partial charge is 0.170 e. The first-order valence-corrected chi connectivity index (χ1v) is 8.88. The number of aryl methyl sites for hydroxylation is 2. The fraction of sp³-hybridized carbons (Fsp3) is 0.250. The molecule has 3 rings (SSSR count). The molecule has 0 amide bonds. The van der Waals surface area contributed by atoms with Crippen LogP contribution in [0.25, 0.3) is 11.0 Å². The zero-order chi connectivity index (χ0) is 16.9. The van der Waals surface area contributed by atoms with E-state index >= 15 is 0 Å². The molecular formula is C20H20N2OS. The number of aromatic nitrogens is 2. The van der Waals surface area contributed by atoms with Gasteiger partial charge in [-0.05, 0) is 49.2 Å². The Morgan fingerprint density at radius 1 is 1.17 bits per heavy atom. The number of hydrogen-bond acceptors (Lipinski definition) is 3. The molecule has 0 saturated carbocycles. The van der Waals surface area contributed by atoms with E-state index in [9.17, 15) is 0 Å². The fourth-order valence-corrected chi connectivity index (χ4v) is 3.55. The molecule has 122 valence electrons. The van der Waals surface area contributed by atoms with Gasteiger partial charge in [0.05, 0.1) is 24.2 Å². The molecule has 0 fully saturated rings. The van der Waals surface area contributed by atoms with Gasteiger partial charge in [0.1, 0.15) is 5.75 Å². The van der Waals surface area contributed by atoms with Gasteiger partial charge in [-0.25, -0.2) is 4.98 Å². The monoisotopic (exact) mass is 336 g/mol. The number of ether oxygens (including phenoxy) is 1. The summed E-state index contributed by atoms with van der Waals surface area (Å²) in [6, 6.07) is 14.3. The molecule has 0 saturated heterocycles. The SMILES string of the molecule is C#CCn1c(SCCOc2cc(C)cc(C)c2)nc2ccccc21. The lowest BCUT2D eigenvalue weighted by Gasteiger charge is -2.08. The largest absolute Gasteiger partial charge is 0.493 e. The molecule has 1 aromatic heterocycles. The van der Waals surface area contributed by atoms with Crippen LogP contribution in [0.1, 0.15) is 11.1 Å². The molecule has 0 radical (unpaired) electrons. The Bertz CT molecular complexity index is 872. The second kappa shape index (κ2) is 7.46. The zero-order valence-corrected chi connectivity index (χ0v) is 14.8. The van der Waals surface area contributed by atoms with Crippen LogP contribution in [0.2, 0.25) is 0 Å². The third-order valence-corrected chi connectivity index (χ3v) is 4.59. The number of terminal acetylenes is 1. The van der Waals surface area contributed by atoms with Crippen LogP contribution in [0.5, 0.6) is 5.75 Å². The van der Waals surface area contributed by atoms with E-state index in [1.165, 1.54) is 11.1 Å². The van der Waals surface area contributed by atoms with Crippen LogP contribution in [0.15, 0.2) is 47.6 Å². The lowest BCUT2D eigenvalue weighted by molar-refractivity contribution is 0.343. The average Bonchev–Trinajstić information content (AvgIpc) is 2.89. The summed E-state index contributed by atoms with van der Waals surface area (Å²) in [5.41, 5.74) is 4.49. The first kappa shape index (κ1) is 16.5. The Morgan fingerprint density at radius 3 is 2.67 bits per heavy atom. The number of para-hydroxylation sites is 2. The first-order chi connectivity index (χ1) is 11.7. The van der Waals surface area contributed by atoms with E-state index in [0.29, 0.717) is 13.2 Å². The molecule has 24 heavy (non-hydrogen) atoms. The van der Waals surface area contributed by atoms with Crippen LogP contribution in [0, 0.1) is 26.2 Å². The number of imidazole rings is 1. The van der Waals surface area contributed by atoms with Crippen molar-refractivity contribution in [3.05, 3.63) is 53.6 Å². The van der Waals surface area contributed by atoms with E-state index in [1.807, 2.05) is 18.2 Å². The van der Waals surface area contributed by atoms with Crippen molar-refractivity contribution in [3.63, 3.8) is 0 Å². The summed E-state index contributed by atoms with van der Waals surface area (Å²) in [5.74, 6) is 4.45. The number of thioether (sulfide) groups is 1. The summed E-state index contributed by atoms with van der Waals surface area (Å²) in [5, 5.41) is 0.943. The van der Waals surface area contributed by atoms with Gasteiger partial charge in [0.15, 0.2) is 5.16 Å². The van der Waals surface area contributed by atoms with Crippen LogP contribution < -0.4 is 4.74 Å². The van der Waals surface area contributed by atoms with Crippen molar-refractivity contribution in [1.82, 2.24) is 9.55 Å². The summed E-state index contributed by atoms with van der Waals surface area (Å²) in [6.07, 6.45) is 5.51. The third kappa shape index (κ3) is 3.74. The average molecular weight is 336 g/mol. The van der Waals surface area contributed by atoms with Crippen LogP contribution in [0.4, 0.5) is 0 Å². The Hall–Kier alpha value is -2.38. The Morgan fingerprint density at radius 2 is 1.92 bits per heavy atom. The molecule has 4 heteroatoms. The Kier molecular flexibility index (Phi) is 5.12. The van der Waals surface area contributed by atoms with Gasteiger partial charge < -0.3 is 9.30 Å². The van der Waals surface area contributed by atoms with Crippen LogP contribution in [0.3, 0.4) is 0 Å². The van der Waals surface area contributed by atoms with E-state index < -0.39 is 0 Å². The predicted octanol–water partition coefficient (Wildman–Crippen LogP) is 4.46. The minimum Gasteiger partial charge on any atom is -0.493 e. The van der Waals surface area contributed by atoms with Gasteiger partial charge in [0, 0.05) is 5.75 Å². The lowest BCUT2D eigenvalue weighted by Crippen LogP contribution is -2.03. The van der Waals surface area contributed by atoms with Gasteiger partial charge in [-0.2, -0.15) is 0 Å². The maximum absolute atomic E-state index is 5.87. The highest BCUT2D eigenvalue weighted by Gasteiger charge is 2.10. The third-order valence-electron chi connectivity index (χ3n) is 3.65. The highest BCUT2D eigenvalue weighted by Crippen LogP contribution is 2.24. The van der Waals surface area contributed by atoms with Crippen molar-refractivity contribution in [2.45, 2.75) is 25.5 Å². The summed E-state index contributed by atoms with van der Waals surface area (Å²) >= 11 is 1.67. The molecule has 0 aliphatic rings. The van der Waals surface area contributed by atoms with Gasteiger partial charge in [-0.1, -0.05) is 35.9 Å². The fourth-order valence-electron chi connectivity index (χ4n) is 2.72. The van der Waals surface area contributed by atoms with Crippen LogP contribution in [-0.4, -0.2) is 21.9 Å². The maximum Gasteiger partial charge on any atom is 0.170 e. The van der Waals surface area contributed by atoms with Crippen molar-refractivity contribution in [2.24, 2.45) is 0 Å². The topological polar surface area (TPSA) is 27.1 Å². The maximum atomic E-state index is 5.87. The highest BCUT2D eigenvalue weighted by atomic mass is 32.2. The molecule has 1 heterocycles. The summed E-state index contributed by atoms with van der Waals surface area (Å²) in [7, 11) is 0. The van der Waals surface area contributed by atoms with Crippen LogP contribution in [-0.2, 0) is 6.54 Å². The molecule has 0 aliphatic carbocycles. The summed E-state index contributed by atoms with van der Waals surface area (Å²) in [6.45, 7) is 5.32. The molecular weight excluding hydrogens is 316 g/mol. The molecule has 0 spiro atoms. The molecule has 0 bridgehead atoms. The van der Waals surface area contributed by atoms with E-state index in [0.717, 1.165) is 27.7 Å². The number of fused-ring (bicyclic) bond motifs is 1. The van der Waals surface area contributed by atoms with Gasteiger partial charge in [-0.3, -0.25) is 0 Å². The van der Waals surface area contributed by atoms with Gasteiger partial charge in [0.25, 0.3) is 0 Å². The Labute approximate surface area is 147 Å². The minimum absolute atomic E-state index is 0.529.